The summed E-state index contributed by atoms with van der Waals surface area (Å²) in [6, 6.07) is 7.23. The summed E-state index contributed by atoms with van der Waals surface area (Å²) in [7, 11) is 3.51. The molecule has 1 N–H and O–H groups in total. The highest BCUT2D eigenvalue weighted by Crippen LogP contribution is 2.24. The second-order valence-corrected chi connectivity index (χ2v) is 7.37. The number of carbonyl (C=O) groups excluding carboxylic acids is 1. The number of piperazine rings is 1. The van der Waals surface area contributed by atoms with Gasteiger partial charge in [0.1, 0.15) is 17.9 Å². The van der Waals surface area contributed by atoms with E-state index in [-0.39, 0.29) is 11.9 Å². The largest absolute Gasteiger partial charge is 0.497 e. The van der Waals surface area contributed by atoms with Gasteiger partial charge in [0.2, 0.25) is 5.91 Å². The molecule has 9 nitrogen and oxygen atoms in total. The summed E-state index contributed by atoms with van der Waals surface area (Å²) in [6.07, 6.45) is 4.15. The Labute approximate surface area is 175 Å². The second kappa shape index (κ2) is 8.66. The van der Waals surface area contributed by atoms with Gasteiger partial charge in [-0.05, 0) is 30.7 Å². The molecule has 1 aliphatic heterocycles. The molecule has 1 aliphatic rings. The van der Waals surface area contributed by atoms with Gasteiger partial charge in [-0.3, -0.25) is 14.4 Å². The molecular weight excluding hydrogens is 382 g/mol. The molecule has 9 heteroatoms. The molecule has 158 valence electrons. The van der Waals surface area contributed by atoms with E-state index >= 15 is 0 Å². The zero-order chi connectivity index (χ0) is 21.1. The van der Waals surface area contributed by atoms with Crippen LogP contribution in [0.5, 0.6) is 5.75 Å². The van der Waals surface area contributed by atoms with E-state index in [1.54, 1.807) is 18.1 Å². The number of rotatable bonds is 6. The Morgan fingerprint density at radius 1 is 1.17 bits per heavy atom. The highest BCUT2D eigenvalue weighted by atomic mass is 16.5. The Bertz CT molecular complexity index is 1010. The number of anilines is 2. The average molecular weight is 409 g/mol. The van der Waals surface area contributed by atoms with Gasteiger partial charge in [-0.1, -0.05) is 6.92 Å². The van der Waals surface area contributed by atoms with Gasteiger partial charge in [-0.2, -0.15) is 5.10 Å². The summed E-state index contributed by atoms with van der Waals surface area (Å²) in [5.74, 6) is 1.69. The molecule has 1 atom stereocenters. The summed E-state index contributed by atoms with van der Waals surface area (Å²) in [4.78, 5) is 26.2. The van der Waals surface area contributed by atoms with E-state index in [2.05, 4.69) is 30.2 Å². The Hall–Kier alpha value is -3.20. The molecule has 2 aromatic heterocycles. The first-order valence-corrected chi connectivity index (χ1v) is 10.2. The quantitative estimate of drug-likeness (QED) is 0.665. The van der Waals surface area contributed by atoms with Gasteiger partial charge in [0, 0.05) is 38.9 Å². The minimum Gasteiger partial charge on any atom is -0.497 e. The molecule has 0 unspecified atom stereocenters. The van der Waals surface area contributed by atoms with E-state index in [0.29, 0.717) is 0 Å². The summed E-state index contributed by atoms with van der Waals surface area (Å²) in [5, 5.41) is 8.28. The number of hydrogen-bond acceptors (Lipinski definition) is 7. The van der Waals surface area contributed by atoms with Crippen LogP contribution in [0.3, 0.4) is 0 Å². The van der Waals surface area contributed by atoms with Crippen LogP contribution >= 0.6 is 0 Å². The molecule has 0 saturated carbocycles. The molecule has 0 bridgehead atoms. The number of aromatic nitrogens is 4. The fourth-order valence-electron chi connectivity index (χ4n) is 3.96. The van der Waals surface area contributed by atoms with Crippen molar-refractivity contribution >= 4 is 28.4 Å². The third kappa shape index (κ3) is 3.93. The molecule has 0 spiro atoms. The van der Waals surface area contributed by atoms with Crippen LogP contribution in [0.25, 0.3) is 11.0 Å². The number of aryl methyl sites for hydroxylation is 1. The number of nitrogens with one attached hydrogen (secondary N) is 1. The molecule has 0 aliphatic carbocycles. The van der Waals surface area contributed by atoms with Crippen LogP contribution in [-0.2, 0) is 11.8 Å². The topological polar surface area (TPSA) is 88.4 Å². The van der Waals surface area contributed by atoms with Crippen LogP contribution in [0, 0.1) is 0 Å². The fraction of sp³-hybridized carbons (Fsp3) is 0.429. The van der Waals surface area contributed by atoms with Gasteiger partial charge in [0.25, 0.3) is 0 Å². The third-order valence-corrected chi connectivity index (χ3v) is 5.61. The lowest BCUT2D eigenvalue weighted by molar-refractivity contribution is -0.121. The number of ether oxygens (including phenoxy) is 1. The normalized spacial score (nSPS) is 15.9. The van der Waals surface area contributed by atoms with Crippen LogP contribution in [0.1, 0.15) is 13.3 Å². The van der Waals surface area contributed by atoms with Gasteiger partial charge in [0.05, 0.1) is 24.7 Å². The van der Waals surface area contributed by atoms with Gasteiger partial charge in [0.15, 0.2) is 5.65 Å². The highest BCUT2D eigenvalue weighted by molar-refractivity contribution is 5.95. The third-order valence-electron chi connectivity index (χ3n) is 5.61. The van der Waals surface area contributed by atoms with Crippen molar-refractivity contribution < 1.29 is 9.53 Å². The number of fused-ring (bicyclic) bond motifs is 1. The van der Waals surface area contributed by atoms with Crippen LogP contribution in [-0.4, -0.2) is 69.9 Å². The standard InChI is InChI=1S/C21H27N7O2/c1-4-18(21(29)25-15-5-7-16(30-3)8-6-15)27-9-11-28(12-10-27)20-17-13-24-26(2)19(17)22-14-23-20/h5-8,13-14,18H,4,9-12H2,1-3H3,(H,25,29)/t18-/m1/s1. The molecule has 30 heavy (non-hydrogen) atoms. The summed E-state index contributed by atoms with van der Waals surface area (Å²) >= 11 is 0. The SMILES string of the molecule is CC[C@H](C(=O)Nc1ccc(OC)cc1)N1CCN(c2ncnc3c2cnn3C)CC1. The molecular formula is C21H27N7O2. The zero-order valence-electron chi connectivity index (χ0n) is 17.6. The zero-order valence-corrected chi connectivity index (χ0v) is 17.6. The minimum absolute atomic E-state index is 0.0211. The van der Waals surface area contributed by atoms with Gasteiger partial charge < -0.3 is 15.0 Å². The maximum absolute atomic E-state index is 12.9. The van der Waals surface area contributed by atoms with Crippen molar-refractivity contribution in [3.8, 4) is 5.75 Å². The monoisotopic (exact) mass is 409 g/mol. The van der Waals surface area contributed by atoms with Crippen molar-refractivity contribution in [3.63, 3.8) is 0 Å². The number of nitrogens with zero attached hydrogens (tertiary/aromatic N) is 6. The Morgan fingerprint density at radius 3 is 2.57 bits per heavy atom. The smallest absolute Gasteiger partial charge is 0.241 e. The van der Waals surface area contributed by atoms with E-state index in [4.69, 9.17) is 4.74 Å². The van der Waals surface area contributed by atoms with E-state index in [1.807, 2.05) is 44.4 Å². The summed E-state index contributed by atoms with van der Waals surface area (Å²) in [6.45, 7) is 5.23. The van der Waals surface area contributed by atoms with Crippen molar-refractivity contribution in [2.75, 3.05) is 43.5 Å². The first kappa shape index (κ1) is 20.1. The molecule has 1 fully saturated rings. The fourth-order valence-corrected chi connectivity index (χ4v) is 3.96. The number of carbonyl (C=O) groups is 1. The predicted octanol–water partition coefficient (Wildman–Crippen LogP) is 1.91. The minimum atomic E-state index is -0.168. The Balaban J connectivity index is 1.40. The Kier molecular flexibility index (Phi) is 5.80. The van der Waals surface area contributed by atoms with Crippen molar-refractivity contribution in [1.82, 2.24) is 24.6 Å². The number of methoxy groups -OCH3 is 1. The molecule has 3 heterocycles. The summed E-state index contributed by atoms with van der Waals surface area (Å²) < 4.78 is 6.93. The first-order chi connectivity index (χ1) is 14.6. The van der Waals surface area contributed by atoms with Gasteiger partial charge in [-0.25, -0.2) is 9.97 Å². The number of benzene rings is 1. The lowest BCUT2D eigenvalue weighted by atomic mass is 10.1. The maximum Gasteiger partial charge on any atom is 0.241 e. The average Bonchev–Trinajstić information content (AvgIpc) is 3.16. The molecule has 3 aromatic rings. The second-order valence-electron chi connectivity index (χ2n) is 7.37. The van der Waals surface area contributed by atoms with Gasteiger partial charge >= 0.3 is 0 Å². The van der Waals surface area contributed by atoms with Crippen LogP contribution in [0.4, 0.5) is 11.5 Å². The van der Waals surface area contributed by atoms with Crippen LogP contribution in [0.2, 0.25) is 0 Å². The van der Waals surface area contributed by atoms with Crippen molar-refractivity contribution in [1.29, 1.82) is 0 Å². The van der Waals surface area contributed by atoms with E-state index in [9.17, 15) is 4.79 Å². The van der Waals surface area contributed by atoms with Crippen LogP contribution in [0.15, 0.2) is 36.8 Å². The van der Waals surface area contributed by atoms with Crippen LogP contribution < -0.4 is 15.0 Å². The van der Waals surface area contributed by atoms with E-state index in [0.717, 1.165) is 60.9 Å². The molecule has 1 amide bonds. The molecule has 4 rings (SSSR count). The first-order valence-electron chi connectivity index (χ1n) is 10.2. The maximum atomic E-state index is 12.9. The lowest BCUT2D eigenvalue weighted by Gasteiger charge is -2.38. The molecule has 0 radical (unpaired) electrons. The van der Waals surface area contributed by atoms with E-state index in [1.165, 1.54) is 0 Å². The van der Waals surface area contributed by atoms with E-state index < -0.39 is 0 Å². The predicted molar refractivity (Wildman–Crippen MR) is 116 cm³/mol. The summed E-state index contributed by atoms with van der Waals surface area (Å²) in [5.41, 5.74) is 1.60. The van der Waals surface area contributed by atoms with Crippen molar-refractivity contribution in [3.05, 3.63) is 36.8 Å². The molecule has 1 saturated heterocycles. The van der Waals surface area contributed by atoms with Gasteiger partial charge in [-0.15, -0.1) is 0 Å². The molecule has 1 aromatic carbocycles. The van der Waals surface area contributed by atoms with Crippen molar-refractivity contribution in [2.24, 2.45) is 7.05 Å². The number of hydrogen-bond donors (Lipinski definition) is 1. The Morgan fingerprint density at radius 2 is 1.90 bits per heavy atom. The number of amides is 1. The highest BCUT2D eigenvalue weighted by Gasteiger charge is 2.29. The lowest BCUT2D eigenvalue weighted by Crippen LogP contribution is -2.53. The van der Waals surface area contributed by atoms with Crippen molar-refractivity contribution in [2.45, 2.75) is 19.4 Å².